The van der Waals surface area contributed by atoms with Crippen LogP contribution in [-0.4, -0.2) is 29.8 Å². The van der Waals surface area contributed by atoms with Crippen molar-refractivity contribution in [2.75, 3.05) is 12.4 Å². The number of hydrogen-bond donors (Lipinski definition) is 2. The van der Waals surface area contributed by atoms with Crippen molar-refractivity contribution in [2.24, 2.45) is 11.8 Å². The molecule has 0 atom stereocenters. The highest BCUT2D eigenvalue weighted by molar-refractivity contribution is 7.16. The van der Waals surface area contributed by atoms with Gasteiger partial charge in [0.15, 0.2) is 0 Å². The molecule has 1 saturated carbocycles. The zero-order valence-electron chi connectivity index (χ0n) is 18.6. The molecular weight excluding hydrogens is 446 g/mol. The second kappa shape index (κ2) is 11.0. The van der Waals surface area contributed by atoms with Crippen LogP contribution in [0.4, 0.5) is 10.7 Å². The molecule has 0 unspecified atom stereocenters. The first kappa shape index (κ1) is 24.4. The number of thiophene rings is 1. The van der Waals surface area contributed by atoms with E-state index < -0.39 is 4.92 Å². The largest absolute Gasteiger partial charge is 0.469 e. The second-order valence-electron chi connectivity index (χ2n) is 7.98. The first-order valence-corrected chi connectivity index (χ1v) is 11.7. The number of anilines is 1. The number of nitro benzene ring substituents is 1. The van der Waals surface area contributed by atoms with Gasteiger partial charge in [0, 0.05) is 29.5 Å². The van der Waals surface area contributed by atoms with Gasteiger partial charge in [-0.25, -0.2) is 0 Å². The van der Waals surface area contributed by atoms with Crippen LogP contribution < -0.4 is 10.6 Å². The number of ether oxygens (including phenoxy) is 1. The first-order chi connectivity index (χ1) is 15.8. The summed E-state index contributed by atoms with van der Waals surface area (Å²) in [5.41, 5.74) is 0.941. The summed E-state index contributed by atoms with van der Waals surface area (Å²) < 4.78 is 4.80. The zero-order valence-corrected chi connectivity index (χ0v) is 19.4. The van der Waals surface area contributed by atoms with Crippen LogP contribution in [0.25, 0.3) is 0 Å². The van der Waals surface area contributed by atoms with E-state index in [1.807, 2.05) is 6.92 Å². The van der Waals surface area contributed by atoms with Crippen molar-refractivity contribution in [3.63, 3.8) is 0 Å². The fourth-order valence-electron chi connectivity index (χ4n) is 3.91. The van der Waals surface area contributed by atoms with Gasteiger partial charge < -0.3 is 15.4 Å². The molecular formula is C23H27N3O6S. The third-order valence-electron chi connectivity index (χ3n) is 5.82. The fraction of sp³-hybridized carbons (Fsp3) is 0.435. The molecule has 1 fully saturated rings. The Labute approximate surface area is 195 Å². The number of carbonyl (C=O) groups is 3. The van der Waals surface area contributed by atoms with Crippen LogP contribution in [0.5, 0.6) is 0 Å². The summed E-state index contributed by atoms with van der Waals surface area (Å²) in [6.45, 7) is 2.10. The highest BCUT2D eigenvalue weighted by Gasteiger charge is 2.31. The Hall–Kier alpha value is -3.27. The molecule has 0 radical (unpaired) electrons. The number of rotatable bonds is 8. The van der Waals surface area contributed by atoms with Crippen molar-refractivity contribution in [1.29, 1.82) is 0 Å². The average molecular weight is 474 g/mol. The van der Waals surface area contributed by atoms with Gasteiger partial charge in [-0.2, -0.15) is 0 Å². The molecule has 2 aromatic rings. The molecule has 2 amide bonds. The topological polar surface area (TPSA) is 128 Å². The van der Waals surface area contributed by atoms with E-state index in [1.165, 1.54) is 30.6 Å². The number of hydrogen-bond acceptors (Lipinski definition) is 7. The van der Waals surface area contributed by atoms with E-state index in [0.717, 1.165) is 11.3 Å². The quantitative estimate of drug-likeness (QED) is 0.338. The van der Waals surface area contributed by atoms with E-state index in [-0.39, 0.29) is 41.9 Å². The molecule has 176 valence electrons. The van der Waals surface area contributed by atoms with E-state index in [9.17, 15) is 24.5 Å². The van der Waals surface area contributed by atoms with Crippen LogP contribution in [0.3, 0.4) is 0 Å². The maximum atomic E-state index is 12.9. The Morgan fingerprint density at radius 3 is 2.48 bits per heavy atom. The Bertz CT molecular complexity index is 1040. The van der Waals surface area contributed by atoms with Crippen LogP contribution in [0.2, 0.25) is 0 Å². The molecule has 1 aromatic carbocycles. The number of nitrogens with one attached hydrogen (secondary N) is 2. The van der Waals surface area contributed by atoms with Crippen molar-refractivity contribution in [2.45, 2.75) is 45.6 Å². The van der Waals surface area contributed by atoms with Crippen molar-refractivity contribution < 1.29 is 24.0 Å². The van der Waals surface area contributed by atoms with Crippen LogP contribution >= 0.6 is 11.3 Å². The summed E-state index contributed by atoms with van der Waals surface area (Å²) in [5.74, 6) is -1.14. The van der Waals surface area contributed by atoms with Crippen molar-refractivity contribution in [1.82, 2.24) is 5.32 Å². The molecule has 0 saturated heterocycles. The average Bonchev–Trinajstić information content (AvgIpc) is 3.25. The molecule has 0 spiro atoms. The Morgan fingerprint density at radius 1 is 1.15 bits per heavy atom. The zero-order chi connectivity index (χ0) is 24.0. The number of benzene rings is 1. The lowest BCUT2D eigenvalue weighted by molar-refractivity contribution is -0.384. The van der Waals surface area contributed by atoms with Gasteiger partial charge >= 0.3 is 5.97 Å². The lowest BCUT2D eigenvalue weighted by atomic mass is 9.81. The Morgan fingerprint density at radius 2 is 1.85 bits per heavy atom. The Kier molecular flexibility index (Phi) is 8.16. The Balaban J connectivity index is 1.64. The predicted molar refractivity (Wildman–Crippen MR) is 124 cm³/mol. The number of nitro groups is 1. The van der Waals surface area contributed by atoms with Crippen molar-refractivity contribution in [3.8, 4) is 0 Å². The number of methoxy groups -OCH3 is 1. The molecule has 0 aliphatic heterocycles. The number of esters is 1. The summed E-state index contributed by atoms with van der Waals surface area (Å²) in [4.78, 5) is 48.8. The molecule has 1 heterocycles. The number of nitrogens with zero attached hydrogens (tertiary/aromatic N) is 1. The van der Waals surface area contributed by atoms with Crippen LogP contribution in [0, 0.1) is 22.0 Å². The van der Waals surface area contributed by atoms with Crippen LogP contribution in [-0.2, 0) is 27.3 Å². The van der Waals surface area contributed by atoms with E-state index in [2.05, 4.69) is 10.6 Å². The SMILES string of the molecule is CCc1cc(C(=O)NCc2cccc([N+](=O)[O-])c2)c(NC(=O)C2CCC(C(=O)OC)CC2)s1. The van der Waals surface area contributed by atoms with Gasteiger partial charge in [-0.05, 0) is 43.7 Å². The third kappa shape index (κ3) is 6.16. The molecule has 0 bridgehead atoms. The van der Waals surface area contributed by atoms with Gasteiger partial charge in [-0.1, -0.05) is 19.1 Å². The minimum atomic E-state index is -0.482. The molecule has 3 rings (SSSR count). The lowest BCUT2D eigenvalue weighted by Gasteiger charge is -2.26. The molecule has 1 aliphatic carbocycles. The van der Waals surface area contributed by atoms with Crippen LogP contribution in [0.15, 0.2) is 30.3 Å². The first-order valence-electron chi connectivity index (χ1n) is 10.8. The van der Waals surface area contributed by atoms with Gasteiger partial charge in [-0.15, -0.1) is 11.3 Å². The molecule has 9 nitrogen and oxygen atoms in total. The summed E-state index contributed by atoms with van der Waals surface area (Å²) in [6.07, 6.45) is 3.10. The van der Waals surface area contributed by atoms with Gasteiger partial charge in [-0.3, -0.25) is 24.5 Å². The van der Waals surface area contributed by atoms with E-state index in [1.54, 1.807) is 18.2 Å². The third-order valence-corrected chi connectivity index (χ3v) is 7.01. The molecule has 1 aromatic heterocycles. The molecule has 10 heteroatoms. The number of amides is 2. The number of carbonyl (C=O) groups excluding carboxylic acids is 3. The predicted octanol–water partition coefficient (Wildman–Crippen LogP) is 4.07. The van der Waals surface area contributed by atoms with Gasteiger partial charge in [0.2, 0.25) is 5.91 Å². The van der Waals surface area contributed by atoms with Gasteiger partial charge in [0.25, 0.3) is 11.6 Å². The molecule has 2 N–H and O–H groups in total. The fourth-order valence-corrected chi connectivity index (χ4v) is 4.90. The van der Waals surface area contributed by atoms with E-state index in [4.69, 9.17) is 4.74 Å². The summed E-state index contributed by atoms with van der Waals surface area (Å²) in [6, 6.07) is 7.84. The highest BCUT2D eigenvalue weighted by atomic mass is 32.1. The van der Waals surface area contributed by atoms with Crippen LogP contribution in [0.1, 0.15) is 53.4 Å². The minimum Gasteiger partial charge on any atom is -0.469 e. The molecule has 1 aliphatic rings. The lowest BCUT2D eigenvalue weighted by Crippen LogP contribution is -2.30. The summed E-state index contributed by atoms with van der Waals surface area (Å²) in [5, 5.41) is 17.1. The van der Waals surface area contributed by atoms with Crippen molar-refractivity contribution in [3.05, 3.63) is 56.5 Å². The normalized spacial score (nSPS) is 17.8. The maximum Gasteiger partial charge on any atom is 0.308 e. The summed E-state index contributed by atoms with van der Waals surface area (Å²) >= 11 is 1.36. The van der Waals surface area contributed by atoms with Crippen molar-refractivity contribution >= 4 is 39.8 Å². The molecule has 33 heavy (non-hydrogen) atoms. The summed E-state index contributed by atoms with van der Waals surface area (Å²) in [7, 11) is 1.37. The number of non-ortho nitro benzene ring substituents is 1. The van der Waals surface area contributed by atoms with Gasteiger partial charge in [0.1, 0.15) is 5.00 Å². The standard InChI is InChI=1S/C23H27N3O6S/c1-3-18-12-19(21(28)24-13-14-5-4-6-17(11-14)26(30)31)22(33-18)25-20(27)15-7-9-16(10-8-15)23(29)32-2/h4-6,11-12,15-16H,3,7-10,13H2,1-2H3,(H,24,28)(H,25,27). The maximum absolute atomic E-state index is 12.9. The van der Waals surface area contributed by atoms with E-state index in [0.29, 0.717) is 41.8 Å². The smallest absolute Gasteiger partial charge is 0.308 e. The highest BCUT2D eigenvalue weighted by Crippen LogP contribution is 2.33. The van der Waals surface area contributed by atoms with Gasteiger partial charge in [0.05, 0.1) is 23.5 Å². The number of aryl methyl sites for hydroxylation is 1. The second-order valence-corrected chi connectivity index (χ2v) is 9.12. The minimum absolute atomic E-state index is 0.0413. The van der Waals surface area contributed by atoms with E-state index >= 15 is 0 Å². The monoisotopic (exact) mass is 473 g/mol.